The molecule has 3 heteroatoms. The number of carboxylic acids is 1. The summed E-state index contributed by atoms with van der Waals surface area (Å²) in [5.41, 5.74) is 0.220. The SMILES string of the molecule is O=[13C](O)c1cc[13cH][15n][13cH]1. The molecule has 0 aliphatic heterocycles. The monoisotopic (exact) mass is 127 g/mol. The van der Waals surface area contributed by atoms with Crippen LogP contribution in [0.15, 0.2) is 24.5 Å². The summed E-state index contributed by atoms with van der Waals surface area (Å²) < 4.78 is 0. The molecule has 1 aromatic heterocycles. The van der Waals surface area contributed by atoms with Gasteiger partial charge in [-0.05, 0) is 12.1 Å². The minimum Gasteiger partial charge on any atom is -0.478 e. The Morgan fingerprint density at radius 1 is 1.67 bits per heavy atom. The van der Waals surface area contributed by atoms with Crippen molar-refractivity contribution in [1.29, 1.82) is 0 Å². The Bertz CT molecular complexity index is 208. The van der Waals surface area contributed by atoms with Gasteiger partial charge in [0.25, 0.3) is 0 Å². The van der Waals surface area contributed by atoms with E-state index in [0.717, 1.165) is 0 Å². The van der Waals surface area contributed by atoms with E-state index in [2.05, 4.69) is 4.98 Å². The van der Waals surface area contributed by atoms with Gasteiger partial charge in [0, 0.05) is 12.4 Å². The highest BCUT2D eigenvalue weighted by Gasteiger charge is 1.97. The van der Waals surface area contributed by atoms with Gasteiger partial charge in [-0.3, -0.25) is 4.98 Å². The van der Waals surface area contributed by atoms with Gasteiger partial charge in [0.2, 0.25) is 0 Å². The van der Waals surface area contributed by atoms with Crippen molar-refractivity contribution >= 4 is 5.97 Å². The van der Waals surface area contributed by atoms with Gasteiger partial charge >= 0.3 is 5.97 Å². The number of pyridine rings is 1. The molecule has 1 aromatic rings. The second-order valence-electron chi connectivity index (χ2n) is 1.55. The van der Waals surface area contributed by atoms with Crippen LogP contribution in [0.25, 0.3) is 0 Å². The first-order chi connectivity index (χ1) is 4.30. The van der Waals surface area contributed by atoms with Gasteiger partial charge in [-0.2, -0.15) is 0 Å². The van der Waals surface area contributed by atoms with Gasteiger partial charge in [-0.1, -0.05) is 0 Å². The van der Waals surface area contributed by atoms with Crippen LogP contribution in [0.4, 0.5) is 0 Å². The van der Waals surface area contributed by atoms with Gasteiger partial charge in [0.1, 0.15) is 0 Å². The molecule has 0 spiro atoms. The number of aromatic nitrogens is 1. The molecule has 0 amide bonds. The first-order valence-corrected chi connectivity index (χ1v) is 2.44. The molecule has 0 saturated carbocycles. The largest absolute Gasteiger partial charge is 0.478 e. The van der Waals surface area contributed by atoms with E-state index in [9.17, 15) is 4.79 Å². The second kappa shape index (κ2) is 2.26. The summed E-state index contributed by atoms with van der Waals surface area (Å²) in [5.74, 6) is -0.942. The van der Waals surface area contributed by atoms with Crippen molar-refractivity contribution in [2.45, 2.75) is 0 Å². The van der Waals surface area contributed by atoms with E-state index in [1.165, 1.54) is 18.5 Å². The number of aromatic carboxylic acids is 1. The maximum atomic E-state index is 10.2. The molecule has 0 aromatic carbocycles. The molecular weight excluding hydrogens is 122 g/mol. The second-order valence-corrected chi connectivity index (χ2v) is 1.55. The Hall–Kier alpha value is -1.38. The Morgan fingerprint density at radius 3 is 2.78 bits per heavy atom. The third-order valence-electron chi connectivity index (χ3n) is 0.908. The molecule has 0 bridgehead atoms. The molecular formula is C6H5NO2. The normalized spacial score (nSPS) is 8.89. The third kappa shape index (κ3) is 1.25. The number of hydrogen-bond donors (Lipinski definition) is 1. The van der Waals surface area contributed by atoms with Crippen molar-refractivity contribution in [2.75, 3.05) is 0 Å². The van der Waals surface area contributed by atoms with Crippen LogP contribution in [0, 0.1) is 0 Å². The van der Waals surface area contributed by atoms with E-state index in [1.54, 1.807) is 6.07 Å². The smallest absolute Gasteiger partial charge is 0.337 e. The molecule has 1 heterocycles. The van der Waals surface area contributed by atoms with Crippen molar-refractivity contribution in [1.82, 2.24) is 4.98 Å². The van der Waals surface area contributed by atoms with Gasteiger partial charge in [0.05, 0.1) is 5.56 Å². The molecule has 46 valence electrons. The van der Waals surface area contributed by atoms with Gasteiger partial charge in [0.15, 0.2) is 0 Å². The van der Waals surface area contributed by atoms with Crippen LogP contribution >= 0.6 is 0 Å². The van der Waals surface area contributed by atoms with E-state index < -0.39 is 5.97 Å². The average Bonchev–Trinajstić information content (AvgIpc) is 1.90. The Balaban J connectivity index is 2.98. The minimum atomic E-state index is -0.942. The maximum absolute atomic E-state index is 10.2. The number of carbonyl (C=O) groups is 1. The molecule has 0 fully saturated rings. The Kier molecular flexibility index (Phi) is 1.44. The number of carboxylic acid groups (broad SMARTS) is 1. The van der Waals surface area contributed by atoms with Crippen molar-refractivity contribution in [3.63, 3.8) is 0 Å². The predicted molar refractivity (Wildman–Crippen MR) is 31.2 cm³/mol. The molecule has 3 nitrogen and oxygen atoms in total. The van der Waals surface area contributed by atoms with Crippen molar-refractivity contribution in [3.8, 4) is 0 Å². The van der Waals surface area contributed by atoms with E-state index >= 15 is 0 Å². The zero-order valence-corrected chi connectivity index (χ0v) is 4.61. The van der Waals surface area contributed by atoms with E-state index in [0.29, 0.717) is 0 Å². The summed E-state index contributed by atoms with van der Waals surface area (Å²) >= 11 is 0. The number of nitrogens with zero attached hydrogens (tertiary/aromatic N) is 1. The average molecular weight is 127 g/mol. The van der Waals surface area contributed by atoms with Crippen LogP contribution < -0.4 is 0 Å². The van der Waals surface area contributed by atoms with Crippen LogP contribution in [0.2, 0.25) is 0 Å². The predicted octanol–water partition coefficient (Wildman–Crippen LogP) is 0.780. The van der Waals surface area contributed by atoms with Gasteiger partial charge < -0.3 is 5.11 Å². The summed E-state index contributed by atoms with van der Waals surface area (Å²) in [4.78, 5) is 13.8. The Labute approximate surface area is 52.0 Å². The summed E-state index contributed by atoms with van der Waals surface area (Å²) in [5, 5.41) is 8.34. The maximum Gasteiger partial charge on any atom is 0.337 e. The minimum absolute atomic E-state index is 0.220. The van der Waals surface area contributed by atoms with Crippen LogP contribution in [-0.2, 0) is 0 Å². The highest BCUT2D eigenvalue weighted by Crippen LogP contribution is 1.92. The van der Waals surface area contributed by atoms with Crippen molar-refractivity contribution in [2.24, 2.45) is 0 Å². The molecule has 0 atom stereocenters. The lowest BCUT2D eigenvalue weighted by atomic mass is 10.5. The first kappa shape index (κ1) is 5.75. The summed E-state index contributed by atoms with van der Waals surface area (Å²) in [6, 6.07) is 3.08. The van der Waals surface area contributed by atoms with E-state index in [4.69, 9.17) is 5.11 Å². The quantitative estimate of drug-likeness (QED) is 0.567. The zero-order chi connectivity index (χ0) is 6.69. The molecule has 0 radical (unpaired) electrons. The molecule has 1 N–H and O–H groups in total. The van der Waals surface area contributed by atoms with E-state index in [1.807, 2.05) is 0 Å². The molecule has 1 rings (SSSR count). The van der Waals surface area contributed by atoms with Crippen LogP contribution in [-0.4, -0.2) is 16.1 Å². The molecule has 9 heavy (non-hydrogen) atoms. The lowest BCUT2D eigenvalue weighted by Crippen LogP contribution is -1.94. The topological polar surface area (TPSA) is 50.2 Å². The molecule has 0 unspecified atom stereocenters. The summed E-state index contributed by atoms with van der Waals surface area (Å²) in [6.07, 6.45) is 2.84. The highest BCUT2D eigenvalue weighted by molar-refractivity contribution is 5.86. The van der Waals surface area contributed by atoms with Gasteiger partial charge in [-0.25, -0.2) is 4.79 Å². The van der Waals surface area contributed by atoms with Crippen LogP contribution in [0.5, 0.6) is 0 Å². The Morgan fingerprint density at radius 2 is 2.44 bits per heavy atom. The fourth-order valence-corrected chi connectivity index (χ4v) is 0.489. The zero-order valence-electron chi connectivity index (χ0n) is 4.61. The van der Waals surface area contributed by atoms with E-state index in [-0.39, 0.29) is 5.56 Å². The van der Waals surface area contributed by atoms with Crippen LogP contribution in [0.1, 0.15) is 10.4 Å². The van der Waals surface area contributed by atoms with Crippen molar-refractivity contribution in [3.05, 3.63) is 30.1 Å². The fourth-order valence-electron chi connectivity index (χ4n) is 0.489. The lowest BCUT2D eigenvalue weighted by molar-refractivity contribution is 0.0696. The van der Waals surface area contributed by atoms with Crippen LogP contribution in [0.3, 0.4) is 0 Å². The molecule has 0 aliphatic carbocycles. The van der Waals surface area contributed by atoms with Gasteiger partial charge in [-0.15, -0.1) is 0 Å². The van der Waals surface area contributed by atoms with Crippen molar-refractivity contribution < 1.29 is 9.90 Å². The number of hydrogen-bond acceptors (Lipinski definition) is 2. The fraction of sp³-hybridized carbons (Fsp3) is 0. The molecule has 0 saturated heterocycles. The summed E-state index contributed by atoms with van der Waals surface area (Å²) in [6.45, 7) is 0. The summed E-state index contributed by atoms with van der Waals surface area (Å²) in [7, 11) is 0. The first-order valence-electron chi connectivity index (χ1n) is 2.44. The third-order valence-corrected chi connectivity index (χ3v) is 0.908. The standard InChI is InChI=1S/C6H5NO2/c8-6(9)5-2-1-3-7-4-5/h1-4H,(H,8,9)/i3+1,4+1,6+1,7+1. The molecule has 0 aliphatic rings. The lowest BCUT2D eigenvalue weighted by Gasteiger charge is -1.87. The highest BCUT2D eigenvalue weighted by atomic mass is 16.5. The number of rotatable bonds is 1.